The Morgan fingerprint density at radius 3 is 1.60 bits per heavy atom. The summed E-state index contributed by atoms with van der Waals surface area (Å²) >= 11 is 13.4. The van der Waals surface area contributed by atoms with Gasteiger partial charge in [-0.2, -0.15) is 9.36 Å². The second-order valence-electron chi connectivity index (χ2n) is 3.34. The fourth-order valence-corrected chi connectivity index (χ4v) is 2.93. The van der Waals surface area contributed by atoms with Gasteiger partial charge in [0, 0.05) is 13.8 Å². The molecule has 0 aliphatic carbocycles. The second kappa shape index (κ2) is 5.95. The van der Waals surface area contributed by atoms with Crippen LogP contribution in [0.4, 0.5) is 0 Å². The Kier molecular flexibility index (Phi) is 4.48. The summed E-state index contributed by atoms with van der Waals surface area (Å²) in [4.78, 5) is 23.0. The molecule has 2 heterocycles. The first-order valence-electron chi connectivity index (χ1n) is 4.99. The number of halogens is 2. The van der Waals surface area contributed by atoms with E-state index in [0.717, 1.165) is 32.0 Å². The predicted molar refractivity (Wildman–Crippen MR) is 74.0 cm³/mol. The van der Waals surface area contributed by atoms with Crippen molar-refractivity contribution >= 4 is 57.7 Å². The van der Waals surface area contributed by atoms with E-state index in [0.29, 0.717) is 0 Å². The average molecular weight is 353 g/mol. The molecule has 106 valence electrons. The van der Waals surface area contributed by atoms with Crippen LogP contribution in [-0.2, 0) is 0 Å². The molecule has 0 saturated carbocycles. The van der Waals surface area contributed by atoms with Gasteiger partial charge in [-0.1, -0.05) is 22.7 Å². The zero-order chi connectivity index (χ0) is 14.9. The number of aromatic nitrogens is 4. The molecular weight excluding hydrogens is 347 g/mol. The molecule has 0 atom stereocenters. The number of hydrogen-bond acceptors (Lipinski definition) is 8. The Bertz CT molecular complexity index is 745. The minimum absolute atomic E-state index is 0.149. The molecule has 0 aromatic carbocycles. The topological polar surface area (TPSA) is 94.5 Å². The molecule has 0 aliphatic heterocycles. The quantitative estimate of drug-likeness (QED) is 0.721. The maximum atomic E-state index is 11.3. The van der Waals surface area contributed by atoms with Crippen LogP contribution in [0.15, 0.2) is 10.2 Å². The van der Waals surface area contributed by atoms with Gasteiger partial charge in [0.05, 0.1) is 0 Å². The Morgan fingerprint density at radius 1 is 0.950 bits per heavy atom. The minimum Gasteiger partial charge on any atom is -0.273 e. The molecule has 0 bridgehead atoms. The third-order valence-corrected chi connectivity index (χ3v) is 3.88. The van der Waals surface area contributed by atoms with Crippen LogP contribution in [0.3, 0.4) is 0 Å². The van der Waals surface area contributed by atoms with Crippen molar-refractivity contribution in [2.75, 3.05) is 0 Å². The molecule has 2 aromatic rings. The Hall–Kier alpha value is -1.36. The van der Waals surface area contributed by atoms with E-state index >= 15 is 0 Å². The zero-order valence-electron chi connectivity index (χ0n) is 10.1. The lowest BCUT2D eigenvalue weighted by atomic mass is 10.7. The van der Waals surface area contributed by atoms with E-state index in [9.17, 15) is 9.59 Å². The molecule has 12 heteroatoms. The molecule has 20 heavy (non-hydrogen) atoms. The highest BCUT2D eigenvalue weighted by Gasteiger charge is 2.08. The first-order valence-corrected chi connectivity index (χ1v) is 7.38. The molecule has 0 aliphatic rings. The lowest BCUT2D eigenvalue weighted by Crippen LogP contribution is -2.24. The van der Waals surface area contributed by atoms with Gasteiger partial charge in [-0.15, -0.1) is 20.4 Å². The van der Waals surface area contributed by atoms with Gasteiger partial charge < -0.3 is 0 Å². The van der Waals surface area contributed by atoms with Gasteiger partial charge in [-0.25, -0.2) is 0 Å². The van der Waals surface area contributed by atoms with E-state index in [-0.39, 0.29) is 30.4 Å². The Balaban J connectivity index is 2.60. The van der Waals surface area contributed by atoms with Gasteiger partial charge in [-0.3, -0.25) is 9.59 Å². The molecule has 8 nitrogen and oxygen atoms in total. The number of hydrogen-bond donors (Lipinski definition) is 0. The van der Waals surface area contributed by atoms with Crippen molar-refractivity contribution in [3.05, 3.63) is 18.5 Å². The Labute approximate surface area is 129 Å². The summed E-state index contributed by atoms with van der Waals surface area (Å²) in [5, 5.41) is 15.2. The van der Waals surface area contributed by atoms with E-state index in [1.54, 1.807) is 0 Å². The van der Waals surface area contributed by atoms with Crippen LogP contribution in [0.25, 0.3) is 0 Å². The Morgan fingerprint density at radius 2 is 1.30 bits per heavy atom. The fourth-order valence-electron chi connectivity index (χ4n) is 1.14. The van der Waals surface area contributed by atoms with Crippen LogP contribution in [0.1, 0.15) is 23.4 Å². The van der Waals surface area contributed by atoms with Crippen molar-refractivity contribution in [1.82, 2.24) is 19.6 Å². The summed E-state index contributed by atoms with van der Waals surface area (Å²) in [5.41, 5.74) is 0. The highest BCUT2D eigenvalue weighted by Crippen LogP contribution is 2.07. The van der Waals surface area contributed by atoms with Gasteiger partial charge in [-0.05, 0) is 23.2 Å². The molecule has 0 radical (unpaired) electrons. The van der Waals surface area contributed by atoms with E-state index < -0.39 is 0 Å². The standard InChI is InChI=1S/C8H6Cl2N6O2S2/c1-3(17)15-7(19-5(9)13-15)11-12-8-16(4(2)18)14-6(10)20-8/h1-2H3/b11-7-,12-8-. The monoisotopic (exact) mass is 352 g/mol. The number of carbonyl (C=O) groups excluding carboxylic acids is 2. The summed E-state index contributed by atoms with van der Waals surface area (Å²) < 4.78 is 2.32. The summed E-state index contributed by atoms with van der Waals surface area (Å²) in [5.74, 6) is -0.715. The molecule has 0 N–H and O–H groups in total. The van der Waals surface area contributed by atoms with E-state index in [1.807, 2.05) is 0 Å². The summed E-state index contributed by atoms with van der Waals surface area (Å²) in [7, 11) is 0. The lowest BCUT2D eigenvalue weighted by molar-refractivity contribution is 0.0907. The van der Waals surface area contributed by atoms with Gasteiger partial charge in [0.15, 0.2) is 0 Å². The minimum atomic E-state index is -0.358. The molecule has 0 unspecified atom stereocenters. The second-order valence-corrected chi connectivity index (χ2v) is 6.41. The molecule has 0 fully saturated rings. The van der Waals surface area contributed by atoms with Crippen molar-refractivity contribution in [2.24, 2.45) is 10.2 Å². The molecular formula is C8H6Cl2N6O2S2. The van der Waals surface area contributed by atoms with Crippen LogP contribution in [0, 0.1) is 0 Å². The first kappa shape index (κ1) is 15.0. The SMILES string of the molecule is CC(=O)n1nc(Cl)s/c1=N\N=c1/sc(Cl)nn1C(C)=O. The van der Waals surface area contributed by atoms with E-state index in [2.05, 4.69) is 20.4 Å². The molecule has 0 amide bonds. The number of rotatable bonds is 1. The van der Waals surface area contributed by atoms with Gasteiger partial charge in [0.25, 0.3) is 0 Å². The highest BCUT2D eigenvalue weighted by atomic mass is 35.5. The van der Waals surface area contributed by atoms with E-state index in [1.165, 1.54) is 13.8 Å². The third-order valence-electron chi connectivity index (χ3n) is 1.89. The van der Waals surface area contributed by atoms with Crippen LogP contribution in [-0.4, -0.2) is 31.4 Å². The summed E-state index contributed by atoms with van der Waals surface area (Å²) in [6.07, 6.45) is 0. The molecule has 0 spiro atoms. The largest absolute Gasteiger partial charge is 0.273 e. The van der Waals surface area contributed by atoms with Crippen LogP contribution < -0.4 is 9.60 Å². The predicted octanol–water partition coefficient (Wildman–Crippen LogP) is 1.25. The van der Waals surface area contributed by atoms with Gasteiger partial charge in [0.1, 0.15) is 0 Å². The number of carbonyl (C=O) groups is 2. The van der Waals surface area contributed by atoms with Crippen LogP contribution >= 0.6 is 45.9 Å². The molecule has 2 rings (SSSR count). The molecule has 2 aromatic heterocycles. The molecule has 0 saturated heterocycles. The normalized spacial score (nSPS) is 13.0. The van der Waals surface area contributed by atoms with E-state index in [4.69, 9.17) is 23.2 Å². The van der Waals surface area contributed by atoms with Crippen molar-refractivity contribution in [1.29, 1.82) is 0 Å². The van der Waals surface area contributed by atoms with Crippen LogP contribution in [0.2, 0.25) is 8.93 Å². The van der Waals surface area contributed by atoms with Crippen molar-refractivity contribution in [3.63, 3.8) is 0 Å². The maximum Gasteiger partial charge on any atom is 0.246 e. The lowest BCUT2D eigenvalue weighted by Gasteiger charge is -1.90. The number of nitrogens with zero attached hydrogens (tertiary/aromatic N) is 6. The van der Waals surface area contributed by atoms with Crippen molar-refractivity contribution < 1.29 is 9.59 Å². The fraction of sp³-hybridized carbons (Fsp3) is 0.250. The highest BCUT2D eigenvalue weighted by molar-refractivity contribution is 7.13. The van der Waals surface area contributed by atoms with Gasteiger partial charge >= 0.3 is 0 Å². The average Bonchev–Trinajstić information content (AvgIpc) is 2.89. The smallest absolute Gasteiger partial charge is 0.246 e. The van der Waals surface area contributed by atoms with Crippen LogP contribution in [0.5, 0.6) is 0 Å². The van der Waals surface area contributed by atoms with Gasteiger partial charge in [0.2, 0.25) is 30.4 Å². The maximum absolute atomic E-state index is 11.3. The first-order chi connectivity index (χ1) is 9.38. The van der Waals surface area contributed by atoms with Crippen molar-refractivity contribution in [2.45, 2.75) is 13.8 Å². The zero-order valence-corrected chi connectivity index (χ0v) is 13.2. The summed E-state index contributed by atoms with van der Waals surface area (Å²) in [6, 6.07) is 0. The van der Waals surface area contributed by atoms with Crippen molar-refractivity contribution in [3.8, 4) is 0 Å². The summed E-state index contributed by atoms with van der Waals surface area (Å²) in [6.45, 7) is 2.63. The third kappa shape index (κ3) is 3.20.